The van der Waals surface area contributed by atoms with Crippen molar-refractivity contribution in [2.24, 2.45) is 0 Å². The standard InChI is InChI=1S/C18H27FN2O3/c1-12-4-5-13(2)21(18(12)16(23)6-7-19)9-8-20-15-10-14(22)11-17(15)24-3/h5-7,11,15-17,20,22-23H,4,8-10H2,1-3H3/b7-6+. The lowest BCUT2D eigenvalue weighted by Gasteiger charge is -2.35. The number of hydrogen-bond donors (Lipinski definition) is 3. The maximum atomic E-state index is 12.5. The molecule has 0 aromatic heterocycles. The molecule has 0 bridgehead atoms. The summed E-state index contributed by atoms with van der Waals surface area (Å²) in [4.78, 5) is 2.01. The Bertz CT molecular complexity index is 569. The summed E-state index contributed by atoms with van der Waals surface area (Å²) >= 11 is 0. The molecular weight excluding hydrogens is 311 g/mol. The minimum Gasteiger partial charge on any atom is -0.512 e. The van der Waals surface area contributed by atoms with Crippen LogP contribution in [-0.4, -0.2) is 53.6 Å². The topological polar surface area (TPSA) is 65.0 Å². The third-order valence-electron chi connectivity index (χ3n) is 4.59. The molecule has 24 heavy (non-hydrogen) atoms. The zero-order valence-corrected chi connectivity index (χ0v) is 14.5. The van der Waals surface area contributed by atoms with Crippen LogP contribution in [0.3, 0.4) is 0 Å². The van der Waals surface area contributed by atoms with E-state index in [-0.39, 0.29) is 12.1 Å². The van der Waals surface area contributed by atoms with Crippen molar-refractivity contribution in [1.82, 2.24) is 10.2 Å². The van der Waals surface area contributed by atoms with Crippen LogP contribution in [0.4, 0.5) is 4.39 Å². The number of aliphatic hydroxyl groups is 2. The molecule has 0 spiro atoms. The average Bonchev–Trinajstić information content (AvgIpc) is 2.90. The van der Waals surface area contributed by atoms with E-state index < -0.39 is 6.10 Å². The second-order valence-electron chi connectivity index (χ2n) is 6.25. The first-order valence-electron chi connectivity index (χ1n) is 8.22. The van der Waals surface area contributed by atoms with Gasteiger partial charge in [-0.15, -0.1) is 0 Å². The van der Waals surface area contributed by atoms with Gasteiger partial charge in [-0.3, -0.25) is 0 Å². The summed E-state index contributed by atoms with van der Waals surface area (Å²) in [5.41, 5.74) is 2.81. The van der Waals surface area contributed by atoms with E-state index in [0.717, 1.165) is 29.5 Å². The quantitative estimate of drug-likeness (QED) is 0.666. The molecular formula is C18H27FN2O3. The van der Waals surface area contributed by atoms with E-state index >= 15 is 0 Å². The summed E-state index contributed by atoms with van der Waals surface area (Å²) in [5.74, 6) is 0.341. The zero-order valence-electron chi connectivity index (χ0n) is 14.5. The van der Waals surface area contributed by atoms with Crippen molar-refractivity contribution in [2.45, 2.75) is 44.9 Å². The van der Waals surface area contributed by atoms with Crippen molar-refractivity contribution < 1.29 is 19.3 Å². The van der Waals surface area contributed by atoms with Gasteiger partial charge in [-0.05, 0) is 38.0 Å². The van der Waals surface area contributed by atoms with E-state index in [2.05, 4.69) is 11.4 Å². The highest BCUT2D eigenvalue weighted by Crippen LogP contribution is 2.28. The normalized spacial score (nSPS) is 26.1. The van der Waals surface area contributed by atoms with Gasteiger partial charge < -0.3 is 25.2 Å². The molecule has 0 aromatic carbocycles. The van der Waals surface area contributed by atoms with E-state index in [9.17, 15) is 14.6 Å². The van der Waals surface area contributed by atoms with Gasteiger partial charge in [0.05, 0.1) is 18.2 Å². The minimum atomic E-state index is -0.956. The van der Waals surface area contributed by atoms with E-state index in [1.54, 1.807) is 13.2 Å². The van der Waals surface area contributed by atoms with E-state index in [4.69, 9.17) is 4.74 Å². The molecule has 1 aliphatic carbocycles. The minimum absolute atomic E-state index is 0.0354. The summed E-state index contributed by atoms with van der Waals surface area (Å²) in [7, 11) is 1.62. The number of allylic oxidation sites excluding steroid dienone is 3. The van der Waals surface area contributed by atoms with E-state index in [1.807, 2.05) is 18.7 Å². The Morgan fingerprint density at radius 2 is 2.25 bits per heavy atom. The highest BCUT2D eigenvalue weighted by atomic mass is 19.1. The first kappa shape index (κ1) is 18.7. The lowest BCUT2D eigenvalue weighted by molar-refractivity contribution is 0.112. The summed E-state index contributed by atoms with van der Waals surface area (Å²) in [6, 6.07) is 0.0354. The molecule has 0 aromatic rings. The van der Waals surface area contributed by atoms with Gasteiger partial charge in [0.1, 0.15) is 6.10 Å². The number of hydrogen-bond acceptors (Lipinski definition) is 5. The van der Waals surface area contributed by atoms with Crippen LogP contribution in [0.2, 0.25) is 0 Å². The maximum Gasteiger partial charge on any atom is 0.115 e. The van der Waals surface area contributed by atoms with Gasteiger partial charge in [-0.2, -0.15) is 0 Å². The van der Waals surface area contributed by atoms with Crippen LogP contribution in [-0.2, 0) is 4.74 Å². The number of ether oxygens (including phenoxy) is 1. The number of nitrogens with one attached hydrogen (secondary N) is 1. The van der Waals surface area contributed by atoms with E-state index in [1.165, 1.54) is 0 Å². The van der Waals surface area contributed by atoms with Gasteiger partial charge in [0.15, 0.2) is 0 Å². The van der Waals surface area contributed by atoms with Crippen LogP contribution in [0.15, 0.2) is 47.3 Å². The second kappa shape index (κ2) is 8.46. The van der Waals surface area contributed by atoms with Crippen molar-refractivity contribution in [2.75, 3.05) is 20.2 Å². The Morgan fingerprint density at radius 3 is 2.92 bits per heavy atom. The third-order valence-corrected chi connectivity index (χ3v) is 4.59. The van der Waals surface area contributed by atoms with Crippen molar-refractivity contribution >= 4 is 0 Å². The number of aliphatic hydroxyl groups excluding tert-OH is 2. The summed E-state index contributed by atoms with van der Waals surface area (Å²) in [5, 5.41) is 23.2. The molecule has 3 atom stereocenters. The van der Waals surface area contributed by atoms with Crippen molar-refractivity contribution in [3.05, 3.63) is 47.3 Å². The molecule has 0 amide bonds. The first-order valence-corrected chi connectivity index (χ1v) is 8.22. The molecule has 6 heteroatoms. The molecule has 3 N–H and O–H groups in total. The fourth-order valence-corrected chi connectivity index (χ4v) is 3.30. The zero-order chi connectivity index (χ0) is 17.7. The number of methoxy groups -OCH3 is 1. The predicted molar refractivity (Wildman–Crippen MR) is 92.0 cm³/mol. The van der Waals surface area contributed by atoms with Gasteiger partial charge in [-0.1, -0.05) is 6.08 Å². The average molecular weight is 338 g/mol. The van der Waals surface area contributed by atoms with Crippen LogP contribution < -0.4 is 5.32 Å². The highest BCUT2D eigenvalue weighted by Gasteiger charge is 2.28. The summed E-state index contributed by atoms with van der Waals surface area (Å²) in [6.45, 7) is 5.23. The predicted octanol–water partition coefficient (Wildman–Crippen LogP) is 2.53. The van der Waals surface area contributed by atoms with E-state index in [0.29, 0.717) is 31.6 Å². The highest BCUT2D eigenvalue weighted by molar-refractivity contribution is 5.30. The molecule has 0 fully saturated rings. The van der Waals surface area contributed by atoms with Crippen LogP contribution in [0.1, 0.15) is 26.7 Å². The number of rotatable bonds is 7. The van der Waals surface area contributed by atoms with Gasteiger partial charge in [0.2, 0.25) is 0 Å². The van der Waals surface area contributed by atoms with Crippen molar-refractivity contribution in [1.29, 1.82) is 0 Å². The molecule has 2 aliphatic rings. The van der Waals surface area contributed by atoms with Crippen LogP contribution in [0.5, 0.6) is 0 Å². The largest absolute Gasteiger partial charge is 0.512 e. The Labute approximate surface area is 142 Å². The fourth-order valence-electron chi connectivity index (χ4n) is 3.30. The third kappa shape index (κ3) is 4.26. The Balaban J connectivity index is 1.98. The molecule has 1 aliphatic heterocycles. The summed E-state index contributed by atoms with van der Waals surface area (Å²) in [6.07, 6.45) is 5.56. The van der Waals surface area contributed by atoms with Crippen molar-refractivity contribution in [3.8, 4) is 0 Å². The number of nitrogens with zero attached hydrogens (tertiary/aromatic N) is 1. The lowest BCUT2D eigenvalue weighted by Crippen LogP contribution is -2.42. The molecule has 0 saturated heterocycles. The Morgan fingerprint density at radius 1 is 1.50 bits per heavy atom. The van der Waals surface area contributed by atoms with Crippen LogP contribution in [0, 0.1) is 0 Å². The Kier molecular flexibility index (Phi) is 6.60. The van der Waals surface area contributed by atoms with Gasteiger partial charge in [0, 0.05) is 44.1 Å². The summed E-state index contributed by atoms with van der Waals surface area (Å²) < 4.78 is 17.8. The van der Waals surface area contributed by atoms with Crippen LogP contribution in [0.25, 0.3) is 0 Å². The maximum absolute atomic E-state index is 12.5. The smallest absolute Gasteiger partial charge is 0.115 e. The molecule has 2 rings (SSSR count). The molecule has 0 saturated carbocycles. The second-order valence-corrected chi connectivity index (χ2v) is 6.25. The van der Waals surface area contributed by atoms with Gasteiger partial charge >= 0.3 is 0 Å². The first-order chi connectivity index (χ1) is 11.5. The Hall–Kier alpha value is -1.63. The molecule has 0 radical (unpaired) electrons. The lowest BCUT2D eigenvalue weighted by atomic mass is 10.0. The molecule has 5 nitrogen and oxygen atoms in total. The van der Waals surface area contributed by atoms with Crippen molar-refractivity contribution in [3.63, 3.8) is 0 Å². The monoisotopic (exact) mass is 338 g/mol. The SMILES string of the molecule is COC1C=C(O)CC1NCCN1C(C)=CCC(C)=C1C(O)/C=C/F. The fraction of sp³-hybridized carbons (Fsp3) is 0.556. The molecule has 134 valence electrons. The van der Waals surface area contributed by atoms with Crippen LogP contribution >= 0.6 is 0 Å². The molecule has 1 heterocycles. The van der Waals surface area contributed by atoms with Gasteiger partial charge in [0.25, 0.3) is 0 Å². The molecule has 3 unspecified atom stereocenters. The number of halogens is 1. The van der Waals surface area contributed by atoms with Gasteiger partial charge in [-0.25, -0.2) is 4.39 Å².